The van der Waals surface area contributed by atoms with Gasteiger partial charge in [0.25, 0.3) is 0 Å². The van der Waals surface area contributed by atoms with Crippen LogP contribution in [0.3, 0.4) is 0 Å². The summed E-state index contributed by atoms with van der Waals surface area (Å²) in [6.45, 7) is 2.53. The lowest BCUT2D eigenvalue weighted by molar-refractivity contribution is 0.268. The molecule has 0 radical (unpaired) electrons. The summed E-state index contributed by atoms with van der Waals surface area (Å²) in [6.07, 6.45) is 0. The van der Waals surface area contributed by atoms with Crippen LogP contribution in [-0.2, 0) is 0 Å². The van der Waals surface area contributed by atoms with Crippen LogP contribution >= 0.6 is 15.9 Å². The molecule has 4 heteroatoms. The normalized spacial score (nSPS) is 18.1. The summed E-state index contributed by atoms with van der Waals surface area (Å²) in [6, 6.07) is 9.96. The van der Waals surface area contributed by atoms with Gasteiger partial charge in [-0.3, -0.25) is 0 Å². The van der Waals surface area contributed by atoms with Gasteiger partial charge in [-0.15, -0.1) is 0 Å². The number of halogens is 1. The molecule has 1 aromatic heterocycles. The van der Waals surface area contributed by atoms with Crippen molar-refractivity contribution in [2.75, 3.05) is 11.9 Å². The standard InChI is InChI=1S/C13H12BrNO2/c1-8-2-4-13(17-8)11-7-16-12-5-3-9(14)6-10(12)15-11/h2-6,11,15H,7H2,1H3. The van der Waals surface area contributed by atoms with Crippen molar-refractivity contribution in [3.63, 3.8) is 0 Å². The Balaban J connectivity index is 1.89. The zero-order valence-corrected chi connectivity index (χ0v) is 11.0. The first kappa shape index (κ1) is 10.7. The molecule has 1 unspecified atom stereocenters. The third-order valence-electron chi connectivity index (χ3n) is 2.78. The highest BCUT2D eigenvalue weighted by molar-refractivity contribution is 9.10. The first-order valence-corrected chi connectivity index (χ1v) is 6.27. The van der Waals surface area contributed by atoms with Crippen molar-refractivity contribution >= 4 is 21.6 Å². The molecule has 0 amide bonds. The number of ether oxygens (including phenoxy) is 1. The van der Waals surface area contributed by atoms with E-state index >= 15 is 0 Å². The summed E-state index contributed by atoms with van der Waals surface area (Å²) in [5, 5.41) is 3.42. The Morgan fingerprint density at radius 3 is 2.94 bits per heavy atom. The van der Waals surface area contributed by atoms with E-state index in [0.29, 0.717) is 6.61 Å². The van der Waals surface area contributed by atoms with Crippen LogP contribution in [0.15, 0.2) is 39.2 Å². The van der Waals surface area contributed by atoms with E-state index in [9.17, 15) is 0 Å². The largest absolute Gasteiger partial charge is 0.489 e. The molecule has 1 N–H and O–H groups in total. The van der Waals surface area contributed by atoms with Crippen LogP contribution in [-0.4, -0.2) is 6.61 Å². The Morgan fingerprint density at radius 2 is 2.18 bits per heavy atom. The molecule has 0 fully saturated rings. The Labute approximate surface area is 108 Å². The van der Waals surface area contributed by atoms with Crippen molar-refractivity contribution < 1.29 is 9.15 Å². The number of anilines is 1. The third kappa shape index (κ3) is 2.05. The highest BCUT2D eigenvalue weighted by Crippen LogP contribution is 2.35. The van der Waals surface area contributed by atoms with Crippen LogP contribution in [0.4, 0.5) is 5.69 Å². The summed E-state index contributed by atoms with van der Waals surface area (Å²) < 4.78 is 12.4. The molecule has 0 aliphatic carbocycles. The van der Waals surface area contributed by atoms with E-state index in [2.05, 4.69) is 21.2 Å². The molecule has 0 saturated heterocycles. The zero-order valence-electron chi connectivity index (χ0n) is 9.37. The summed E-state index contributed by atoms with van der Waals surface area (Å²) in [7, 11) is 0. The first-order chi connectivity index (χ1) is 8.22. The van der Waals surface area contributed by atoms with Crippen LogP contribution in [0.5, 0.6) is 5.75 Å². The van der Waals surface area contributed by atoms with Crippen LogP contribution in [0.2, 0.25) is 0 Å². The van der Waals surface area contributed by atoms with Gasteiger partial charge in [0.05, 0.1) is 5.69 Å². The summed E-state index contributed by atoms with van der Waals surface area (Å²) >= 11 is 3.45. The van der Waals surface area contributed by atoms with Gasteiger partial charge < -0.3 is 14.5 Å². The van der Waals surface area contributed by atoms with Gasteiger partial charge in [0.1, 0.15) is 29.9 Å². The van der Waals surface area contributed by atoms with Crippen molar-refractivity contribution in [2.24, 2.45) is 0 Å². The van der Waals surface area contributed by atoms with Gasteiger partial charge in [0, 0.05) is 4.47 Å². The summed E-state index contributed by atoms with van der Waals surface area (Å²) in [4.78, 5) is 0. The first-order valence-electron chi connectivity index (χ1n) is 5.47. The fourth-order valence-corrected chi connectivity index (χ4v) is 2.30. The molecule has 1 atom stereocenters. The van der Waals surface area contributed by atoms with Crippen molar-refractivity contribution in [3.8, 4) is 5.75 Å². The summed E-state index contributed by atoms with van der Waals surface area (Å²) in [5.41, 5.74) is 0.990. The Morgan fingerprint density at radius 1 is 1.29 bits per heavy atom. The molecule has 1 aromatic carbocycles. The molecule has 0 saturated carbocycles. The molecule has 3 rings (SSSR count). The summed E-state index contributed by atoms with van der Waals surface area (Å²) in [5.74, 6) is 2.71. The van der Waals surface area contributed by atoms with E-state index in [0.717, 1.165) is 27.4 Å². The van der Waals surface area contributed by atoms with E-state index in [-0.39, 0.29) is 6.04 Å². The Hall–Kier alpha value is -1.42. The van der Waals surface area contributed by atoms with E-state index in [4.69, 9.17) is 9.15 Å². The average molecular weight is 294 g/mol. The molecule has 3 nitrogen and oxygen atoms in total. The molecular formula is C13H12BrNO2. The molecule has 0 spiro atoms. The van der Waals surface area contributed by atoms with E-state index in [1.165, 1.54) is 0 Å². The predicted molar refractivity (Wildman–Crippen MR) is 69.4 cm³/mol. The molecule has 0 bridgehead atoms. The highest BCUT2D eigenvalue weighted by Gasteiger charge is 2.22. The second-order valence-corrected chi connectivity index (χ2v) is 5.01. The minimum Gasteiger partial charge on any atom is -0.489 e. The topological polar surface area (TPSA) is 34.4 Å². The number of hydrogen-bond acceptors (Lipinski definition) is 3. The number of fused-ring (bicyclic) bond motifs is 1. The van der Waals surface area contributed by atoms with Crippen molar-refractivity contribution in [1.29, 1.82) is 0 Å². The second-order valence-electron chi connectivity index (χ2n) is 4.10. The van der Waals surface area contributed by atoms with Gasteiger partial charge >= 0.3 is 0 Å². The molecule has 88 valence electrons. The number of nitrogens with one attached hydrogen (secondary N) is 1. The van der Waals surface area contributed by atoms with E-state index in [1.807, 2.05) is 37.3 Å². The number of rotatable bonds is 1. The third-order valence-corrected chi connectivity index (χ3v) is 3.27. The lowest BCUT2D eigenvalue weighted by Gasteiger charge is -2.26. The lowest BCUT2D eigenvalue weighted by atomic mass is 10.1. The van der Waals surface area contributed by atoms with Gasteiger partial charge in [-0.1, -0.05) is 15.9 Å². The Bertz CT molecular complexity index is 550. The van der Waals surface area contributed by atoms with E-state index in [1.54, 1.807) is 0 Å². The molecule has 17 heavy (non-hydrogen) atoms. The van der Waals surface area contributed by atoms with Gasteiger partial charge in [0.15, 0.2) is 0 Å². The van der Waals surface area contributed by atoms with E-state index < -0.39 is 0 Å². The molecule has 2 aromatic rings. The van der Waals surface area contributed by atoms with Crippen molar-refractivity contribution in [2.45, 2.75) is 13.0 Å². The number of aryl methyl sites for hydroxylation is 1. The minimum absolute atomic E-state index is 0.0745. The van der Waals surface area contributed by atoms with Crippen molar-refractivity contribution in [1.82, 2.24) is 0 Å². The molecule has 1 aliphatic heterocycles. The van der Waals surface area contributed by atoms with Gasteiger partial charge in [-0.05, 0) is 37.3 Å². The number of benzene rings is 1. The zero-order chi connectivity index (χ0) is 11.8. The maximum Gasteiger partial charge on any atom is 0.142 e. The minimum atomic E-state index is 0.0745. The maximum atomic E-state index is 5.71. The monoisotopic (exact) mass is 293 g/mol. The smallest absolute Gasteiger partial charge is 0.142 e. The van der Waals surface area contributed by atoms with Crippen LogP contribution in [0, 0.1) is 6.92 Å². The number of hydrogen-bond donors (Lipinski definition) is 1. The predicted octanol–water partition coefficient (Wildman–Crippen LogP) is 3.90. The number of furan rings is 1. The SMILES string of the molecule is Cc1ccc(C2COc3ccc(Br)cc3N2)o1. The van der Waals surface area contributed by atoms with Crippen LogP contribution < -0.4 is 10.1 Å². The lowest BCUT2D eigenvalue weighted by Crippen LogP contribution is -2.23. The molecular weight excluding hydrogens is 282 g/mol. The molecule has 2 heterocycles. The highest BCUT2D eigenvalue weighted by atomic mass is 79.9. The van der Waals surface area contributed by atoms with Crippen LogP contribution in [0.1, 0.15) is 17.6 Å². The quantitative estimate of drug-likeness (QED) is 0.866. The van der Waals surface area contributed by atoms with Crippen LogP contribution in [0.25, 0.3) is 0 Å². The fraction of sp³-hybridized carbons (Fsp3) is 0.231. The average Bonchev–Trinajstić information content (AvgIpc) is 2.75. The fourth-order valence-electron chi connectivity index (χ4n) is 1.94. The second kappa shape index (κ2) is 4.11. The van der Waals surface area contributed by atoms with Crippen molar-refractivity contribution in [3.05, 3.63) is 46.3 Å². The van der Waals surface area contributed by atoms with Gasteiger partial charge in [-0.2, -0.15) is 0 Å². The maximum absolute atomic E-state index is 5.71. The van der Waals surface area contributed by atoms with Gasteiger partial charge in [0.2, 0.25) is 0 Å². The molecule has 1 aliphatic rings. The Kier molecular flexibility index (Phi) is 2.59. The van der Waals surface area contributed by atoms with Gasteiger partial charge in [-0.25, -0.2) is 0 Å².